The van der Waals surface area contributed by atoms with Crippen LogP contribution in [0.5, 0.6) is 0 Å². The molecule has 12 heavy (non-hydrogen) atoms. The zero-order valence-electron chi connectivity index (χ0n) is 7.16. The van der Waals surface area contributed by atoms with Crippen molar-refractivity contribution in [2.24, 2.45) is 0 Å². The standard InChI is InChI=1S/C9H11O2S/c1-7-5-4-6-8(2)9(7)12(3,10)11/h4-6H,3H2,1-2H3. The van der Waals surface area contributed by atoms with E-state index in [1.165, 1.54) is 0 Å². The predicted molar refractivity (Wildman–Crippen MR) is 48.5 cm³/mol. The first-order chi connectivity index (χ1) is 5.43. The smallest absolute Gasteiger partial charge is 0.179 e. The molecular formula is C9H11O2S. The first kappa shape index (κ1) is 9.26. The molecule has 1 aromatic rings. The summed E-state index contributed by atoms with van der Waals surface area (Å²) in [5, 5.41) is 0. The van der Waals surface area contributed by atoms with Gasteiger partial charge in [0.2, 0.25) is 0 Å². The minimum atomic E-state index is -3.31. The zero-order chi connectivity index (χ0) is 9.35. The monoisotopic (exact) mass is 183 g/mol. The van der Waals surface area contributed by atoms with Gasteiger partial charge in [-0.15, -0.1) is 0 Å². The van der Waals surface area contributed by atoms with Crippen LogP contribution in [0, 0.1) is 20.1 Å². The van der Waals surface area contributed by atoms with E-state index in [4.69, 9.17) is 0 Å². The molecule has 0 aliphatic heterocycles. The second-order valence-electron chi connectivity index (χ2n) is 2.84. The van der Waals surface area contributed by atoms with Gasteiger partial charge in [0.25, 0.3) is 0 Å². The molecule has 0 aliphatic rings. The fourth-order valence-corrected chi connectivity index (χ4v) is 2.41. The van der Waals surface area contributed by atoms with Crippen molar-refractivity contribution < 1.29 is 8.42 Å². The SMILES string of the molecule is [CH2]S(=O)(=O)c1c(C)cccc1C. The Bertz CT molecular complexity index is 371. The van der Waals surface area contributed by atoms with Crippen LogP contribution in [0.3, 0.4) is 0 Å². The maximum absolute atomic E-state index is 11.2. The molecule has 0 aromatic heterocycles. The van der Waals surface area contributed by atoms with Crippen molar-refractivity contribution in [3.63, 3.8) is 0 Å². The second kappa shape index (κ2) is 2.90. The number of hydrogen-bond acceptors (Lipinski definition) is 2. The van der Waals surface area contributed by atoms with Gasteiger partial charge in [-0.25, -0.2) is 8.42 Å². The van der Waals surface area contributed by atoms with Crippen LogP contribution in [-0.2, 0) is 9.84 Å². The second-order valence-corrected chi connectivity index (χ2v) is 4.47. The summed E-state index contributed by atoms with van der Waals surface area (Å²) in [6.07, 6.45) is 3.13. The van der Waals surface area contributed by atoms with Gasteiger partial charge in [-0.3, -0.25) is 0 Å². The Labute approximate surface area is 73.2 Å². The van der Waals surface area contributed by atoms with E-state index in [1.54, 1.807) is 26.0 Å². The summed E-state index contributed by atoms with van der Waals surface area (Å²) < 4.78 is 22.3. The van der Waals surface area contributed by atoms with Crippen LogP contribution in [0.4, 0.5) is 0 Å². The fraction of sp³-hybridized carbons (Fsp3) is 0.222. The Balaban J connectivity index is 3.53. The molecule has 0 bridgehead atoms. The average molecular weight is 183 g/mol. The van der Waals surface area contributed by atoms with Crippen molar-refractivity contribution in [3.8, 4) is 0 Å². The lowest BCUT2D eigenvalue weighted by Crippen LogP contribution is -2.00. The third kappa shape index (κ3) is 1.67. The fourth-order valence-electron chi connectivity index (χ4n) is 1.29. The van der Waals surface area contributed by atoms with Gasteiger partial charge in [-0.05, 0) is 25.0 Å². The van der Waals surface area contributed by atoms with Crippen molar-refractivity contribution >= 4 is 9.84 Å². The van der Waals surface area contributed by atoms with Crippen LogP contribution in [0.15, 0.2) is 23.1 Å². The Hall–Kier alpha value is -0.830. The normalized spacial score (nSPS) is 11.6. The first-order valence-corrected chi connectivity index (χ1v) is 5.22. The van der Waals surface area contributed by atoms with Gasteiger partial charge in [-0.2, -0.15) is 0 Å². The van der Waals surface area contributed by atoms with Crippen LogP contribution in [0.2, 0.25) is 0 Å². The quantitative estimate of drug-likeness (QED) is 0.666. The number of rotatable bonds is 1. The first-order valence-electron chi connectivity index (χ1n) is 3.57. The third-order valence-electron chi connectivity index (χ3n) is 1.72. The molecule has 0 N–H and O–H groups in total. The van der Waals surface area contributed by atoms with Crippen LogP contribution in [0.25, 0.3) is 0 Å². The van der Waals surface area contributed by atoms with Gasteiger partial charge < -0.3 is 0 Å². The van der Waals surface area contributed by atoms with Crippen molar-refractivity contribution in [1.82, 2.24) is 0 Å². The van der Waals surface area contributed by atoms with Gasteiger partial charge in [0.15, 0.2) is 9.84 Å². The van der Waals surface area contributed by atoms with E-state index in [-0.39, 0.29) is 0 Å². The molecule has 0 unspecified atom stereocenters. The van der Waals surface area contributed by atoms with Crippen LogP contribution >= 0.6 is 0 Å². The summed E-state index contributed by atoms with van der Waals surface area (Å²) in [7, 11) is -3.31. The Morgan fingerprint density at radius 3 is 1.83 bits per heavy atom. The van der Waals surface area contributed by atoms with Crippen LogP contribution in [-0.4, -0.2) is 8.42 Å². The molecule has 3 heteroatoms. The van der Waals surface area contributed by atoms with Gasteiger partial charge in [-0.1, -0.05) is 18.2 Å². The van der Waals surface area contributed by atoms with Crippen LogP contribution < -0.4 is 0 Å². The summed E-state index contributed by atoms with van der Waals surface area (Å²) >= 11 is 0. The highest BCUT2D eigenvalue weighted by Gasteiger charge is 2.12. The lowest BCUT2D eigenvalue weighted by atomic mass is 10.2. The summed E-state index contributed by atoms with van der Waals surface area (Å²) in [4.78, 5) is 0.352. The molecule has 0 heterocycles. The molecule has 1 aromatic carbocycles. The molecule has 65 valence electrons. The van der Waals surface area contributed by atoms with Crippen molar-refractivity contribution in [2.45, 2.75) is 18.7 Å². The summed E-state index contributed by atoms with van der Waals surface area (Å²) in [6.45, 7) is 3.54. The van der Waals surface area contributed by atoms with Gasteiger partial charge in [0.05, 0.1) is 11.2 Å². The molecule has 1 rings (SSSR count). The van der Waals surface area contributed by atoms with Crippen molar-refractivity contribution in [2.75, 3.05) is 0 Å². The number of aryl methyl sites for hydroxylation is 2. The molecule has 0 amide bonds. The van der Waals surface area contributed by atoms with Gasteiger partial charge in [0.1, 0.15) is 0 Å². The van der Waals surface area contributed by atoms with E-state index in [2.05, 4.69) is 6.26 Å². The van der Waals surface area contributed by atoms with E-state index in [1.807, 2.05) is 6.07 Å². The molecule has 0 saturated heterocycles. The number of hydrogen-bond donors (Lipinski definition) is 0. The Morgan fingerprint density at radius 1 is 1.17 bits per heavy atom. The van der Waals surface area contributed by atoms with Gasteiger partial charge >= 0.3 is 0 Å². The Morgan fingerprint density at radius 2 is 1.58 bits per heavy atom. The highest BCUT2D eigenvalue weighted by molar-refractivity contribution is 7.92. The molecular weight excluding hydrogens is 172 g/mol. The molecule has 0 spiro atoms. The lowest BCUT2D eigenvalue weighted by Gasteiger charge is -2.05. The zero-order valence-corrected chi connectivity index (χ0v) is 7.98. The van der Waals surface area contributed by atoms with E-state index in [0.29, 0.717) is 4.90 Å². The molecule has 0 saturated carbocycles. The molecule has 0 fully saturated rings. The summed E-state index contributed by atoms with van der Waals surface area (Å²) in [5.41, 5.74) is 1.51. The minimum absolute atomic E-state index is 0.352. The maximum Gasteiger partial charge on any atom is 0.179 e. The minimum Gasteiger partial charge on any atom is -0.224 e. The number of benzene rings is 1. The van der Waals surface area contributed by atoms with E-state index in [9.17, 15) is 8.42 Å². The molecule has 0 atom stereocenters. The van der Waals surface area contributed by atoms with E-state index < -0.39 is 9.84 Å². The summed E-state index contributed by atoms with van der Waals surface area (Å²) in [6, 6.07) is 5.37. The van der Waals surface area contributed by atoms with Crippen LogP contribution in [0.1, 0.15) is 11.1 Å². The highest BCUT2D eigenvalue weighted by Crippen LogP contribution is 2.19. The van der Waals surface area contributed by atoms with Crippen molar-refractivity contribution in [3.05, 3.63) is 35.6 Å². The largest absolute Gasteiger partial charge is 0.224 e. The highest BCUT2D eigenvalue weighted by atomic mass is 32.2. The molecule has 0 aliphatic carbocycles. The lowest BCUT2D eigenvalue weighted by molar-refractivity contribution is 0.603. The third-order valence-corrected chi connectivity index (χ3v) is 2.99. The predicted octanol–water partition coefficient (Wildman–Crippen LogP) is 1.87. The molecule has 1 radical (unpaired) electrons. The molecule has 2 nitrogen and oxygen atoms in total. The van der Waals surface area contributed by atoms with E-state index in [0.717, 1.165) is 11.1 Å². The maximum atomic E-state index is 11.2. The van der Waals surface area contributed by atoms with E-state index >= 15 is 0 Å². The number of sulfone groups is 1. The summed E-state index contributed by atoms with van der Waals surface area (Å²) in [5.74, 6) is 0. The van der Waals surface area contributed by atoms with Gasteiger partial charge in [0, 0.05) is 0 Å². The average Bonchev–Trinajstić information content (AvgIpc) is 1.82. The van der Waals surface area contributed by atoms with Crippen molar-refractivity contribution in [1.29, 1.82) is 0 Å². The topological polar surface area (TPSA) is 34.1 Å². The Kier molecular flexibility index (Phi) is 2.24.